The van der Waals surface area contributed by atoms with Crippen LogP contribution in [-0.4, -0.2) is 56.1 Å². The largest absolute Gasteiger partial charge is 0.748 e. The van der Waals surface area contributed by atoms with Gasteiger partial charge in [-0.15, -0.1) is 0 Å². The molecule has 0 amide bonds. The van der Waals surface area contributed by atoms with Crippen molar-refractivity contribution in [3.63, 3.8) is 0 Å². The van der Waals surface area contributed by atoms with Crippen LogP contribution in [0.3, 0.4) is 0 Å². The van der Waals surface area contributed by atoms with Gasteiger partial charge in [0, 0.05) is 5.75 Å². The lowest BCUT2D eigenvalue weighted by molar-refractivity contribution is -0.921. The van der Waals surface area contributed by atoms with Gasteiger partial charge >= 0.3 is 0 Å². The highest BCUT2D eigenvalue weighted by atomic mass is 32.2. The number of hydrogen-bond acceptors (Lipinski definition) is 3. The molecule has 0 aromatic carbocycles. The van der Waals surface area contributed by atoms with Gasteiger partial charge in [-0.25, -0.2) is 8.42 Å². The van der Waals surface area contributed by atoms with E-state index >= 15 is 0 Å². The van der Waals surface area contributed by atoms with Gasteiger partial charge in [-0.3, -0.25) is 4.39 Å². The first-order valence-electron chi connectivity index (χ1n) is 9.65. The van der Waals surface area contributed by atoms with E-state index in [0.717, 1.165) is 38.5 Å². The normalized spacial score (nSPS) is 11.9. The predicted octanol–water partition coefficient (Wildman–Crippen LogP) is 4.50. The maximum absolute atomic E-state index is 11.7. The average Bonchev–Trinajstić information content (AvgIpc) is 2.56. The van der Waals surface area contributed by atoms with Gasteiger partial charge in [0.05, 0.1) is 43.0 Å². The summed E-state index contributed by atoms with van der Waals surface area (Å²) in [6.45, 7) is 14.0. The Morgan fingerprint density at radius 2 is 1.04 bits per heavy atom. The molecule has 0 saturated heterocycles. The standard InChI is InChI=1S/C10H21FO3S.C8H20N/c11-9-7-5-3-1-2-4-6-8-10-15(12,13)14;1-5-9(6-2,7-3)8-4/h1-10H2,(H,12,13,14);5-8H2,1-4H3/q;+1/p-1. The van der Waals surface area contributed by atoms with Gasteiger partial charge in [0.1, 0.15) is 0 Å². The third-order valence-corrected chi connectivity index (χ3v) is 5.75. The molecule has 0 heterocycles. The van der Waals surface area contributed by atoms with E-state index in [2.05, 4.69) is 27.7 Å². The van der Waals surface area contributed by atoms with Crippen molar-refractivity contribution in [2.75, 3.05) is 38.6 Å². The van der Waals surface area contributed by atoms with Crippen molar-refractivity contribution in [2.24, 2.45) is 0 Å². The SMILES string of the molecule is CC[N+](CC)(CC)CC.O=S(=O)([O-])CCCCCCCCCCF. The summed E-state index contributed by atoms with van der Waals surface area (Å²) in [5.41, 5.74) is 0. The van der Waals surface area contributed by atoms with E-state index in [1.54, 1.807) is 0 Å². The predicted molar refractivity (Wildman–Crippen MR) is 99.9 cm³/mol. The molecule has 0 radical (unpaired) electrons. The summed E-state index contributed by atoms with van der Waals surface area (Å²) in [5, 5.41) is 0. The highest BCUT2D eigenvalue weighted by molar-refractivity contribution is 7.85. The summed E-state index contributed by atoms with van der Waals surface area (Å²) in [7, 11) is -4.02. The maximum Gasteiger partial charge on any atom is 0.0945 e. The Hall–Kier alpha value is -0.200. The second kappa shape index (κ2) is 16.3. The van der Waals surface area contributed by atoms with Crippen LogP contribution in [-0.2, 0) is 10.1 Å². The number of halogens is 1. The zero-order valence-electron chi connectivity index (χ0n) is 16.4. The van der Waals surface area contributed by atoms with E-state index in [0.29, 0.717) is 12.8 Å². The zero-order valence-corrected chi connectivity index (χ0v) is 17.2. The Kier molecular flexibility index (Phi) is 17.7. The second-order valence-corrected chi connectivity index (χ2v) is 7.91. The minimum atomic E-state index is -4.02. The molecule has 0 N–H and O–H groups in total. The monoisotopic (exact) mass is 369 g/mol. The summed E-state index contributed by atoms with van der Waals surface area (Å²) in [6.07, 6.45) is 6.98. The smallest absolute Gasteiger partial charge is 0.0945 e. The van der Waals surface area contributed by atoms with Crippen molar-refractivity contribution in [3.05, 3.63) is 0 Å². The second-order valence-electron chi connectivity index (χ2n) is 6.39. The molecule has 0 aromatic rings. The van der Waals surface area contributed by atoms with Crippen LogP contribution in [0, 0.1) is 0 Å². The molecule has 24 heavy (non-hydrogen) atoms. The molecule has 0 aliphatic carbocycles. The van der Waals surface area contributed by atoms with Crippen molar-refractivity contribution in [1.82, 2.24) is 0 Å². The lowest BCUT2D eigenvalue weighted by Gasteiger charge is -2.34. The molecule has 0 bridgehead atoms. The zero-order chi connectivity index (χ0) is 18.9. The Labute approximate surface area is 150 Å². The van der Waals surface area contributed by atoms with Crippen molar-refractivity contribution in [2.45, 2.75) is 79.1 Å². The lowest BCUT2D eigenvalue weighted by atomic mass is 10.1. The van der Waals surface area contributed by atoms with Crippen molar-refractivity contribution < 1.29 is 21.8 Å². The van der Waals surface area contributed by atoms with Crippen LogP contribution in [0.4, 0.5) is 4.39 Å². The maximum atomic E-state index is 11.7. The quantitative estimate of drug-likeness (QED) is 0.257. The fourth-order valence-electron chi connectivity index (χ4n) is 2.78. The van der Waals surface area contributed by atoms with Crippen LogP contribution >= 0.6 is 0 Å². The topological polar surface area (TPSA) is 57.2 Å². The van der Waals surface area contributed by atoms with Crippen LogP contribution in [0.2, 0.25) is 0 Å². The number of rotatable bonds is 14. The molecule has 0 aliphatic rings. The summed E-state index contributed by atoms with van der Waals surface area (Å²) < 4.78 is 43.7. The number of unbranched alkanes of at least 4 members (excludes halogenated alkanes) is 7. The number of nitrogens with zero attached hydrogens (tertiary/aromatic N) is 1. The van der Waals surface area contributed by atoms with Gasteiger partial charge in [-0.05, 0) is 40.5 Å². The van der Waals surface area contributed by atoms with E-state index in [1.807, 2.05) is 0 Å². The number of hydrogen-bond donors (Lipinski definition) is 0. The molecule has 0 aliphatic heterocycles. The van der Waals surface area contributed by atoms with Crippen LogP contribution < -0.4 is 0 Å². The average molecular weight is 370 g/mol. The molecule has 148 valence electrons. The van der Waals surface area contributed by atoms with Gasteiger partial charge in [0.2, 0.25) is 0 Å². The van der Waals surface area contributed by atoms with Crippen LogP contribution in [0.1, 0.15) is 79.1 Å². The molecule has 0 unspecified atom stereocenters. The first kappa shape index (κ1) is 26.0. The molecular weight excluding hydrogens is 329 g/mol. The molecular formula is C18H40FNO3S. The van der Waals surface area contributed by atoms with E-state index in [-0.39, 0.29) is 12.4 Å². The summed E-state index contributed by atoms with van der Waals surface area (Å²) in [4.78, 5) is 0. The highest BCUT2D eigenvalue weighted by Crippen LogP contribution is 2.09. The van der Waals surface area contributed by atoms with Crippen molar-refractivity contribution in [1.29, 1.82) is 0 Å². The van der Waals surface area contributed by atoms with Gasteiger partial charge < -0.3 is 9.04 Å². The van der Waals surface area contributed by atoms with E-state index < -0.39 is 10.1 Å². The molecule has 0 rings (SSSR count). The van der Waals surface area contributed by atoms with Gasteiger partial charge in [-0.1, -0.05) is 38.5 Å². The third kappa shape index (κ3) is 16.7. The summed E-state index contributed by atoms with van der Waals surface area (Å²) in [6, 6.07) is 0. The molecule has 0 fully saturated rings. The minimum absolute atomic E-state index is 0.235. The molecule has 6 heteroatoms. The lowest BCUT2D eigenvalue weighted by Crippen LogP contribution is -2.47. The van der Waals surface area contributed by atoms with Gasteiger partial charge in [0.25, 0.3) is 0 Å². The van der Waals surface area contributed by atoms with E-state index in [4.69, 9.17) is 0 Å². The summed E-state index contributed by atoms with van der Waals surface area (Å²) >= 11 is 0. The van der Waals surface area contributed by atoms with Crippen molar-refractivity contribution >= 4 is 10.1 Å². The molecule has 0 atom stereocenters. The van der Waals surface area contributed by atoms with Gasteiger partial charge in [0.15, 0.2) is 0 Å². The van der Waals surface area contributed by atoms with E-state index in [1.165, 1.54) is 30.7 Å². The fraction of sp³-hybridized carbons (Fsp3) is 1.00. The summed E-state index contributed by atoms with van der Waals surface area (Å²) in [5.74, 6) is -0.241. The highest BCUT2D eigenvalue weighted by Gasteiger charge is 2.16. The molecule has 0 aromatic heterocycles. The Morgan fingerprint density at radius 1 is 0.708 bits per heavy atom. The Morgan fingerprint density at radius 3 is 1.29 bits per heavy atom. The van der Waals surface area contributed by atoms with E-state index in [9.17, 15) is 17.4 Å². The Bertz CT molecular complexity index is 340. The fourth-order valence-corrected chi connectivity index (χ4v) is 3.33. The van der Waals surface area contributed by atoms with Crippen LogP contribution in [0.25, 0.3) is 0 Å². The minimum Gasteiger partial charge on any atom is -0.748 e. The number of quaternary nitrogens is 1. The Balaban J connectivity index is 0. The molecule has 4 nitrogen and oxygen atoms in total. The first-order chi connectivity index (χ1) is 11.3. The molecule has 0 saturated carbocycles. The molecule has 0 spiro atoms. The van der Waals surface area contributed by atoms with Crippen molar-refractivity contribution in [3.8, 4) is 0 Å². The third-order valence-electron chi connectivity index (χ3n) is 4.96. The first-order valence-corrected chi connectivity index (χ1v) is 11.2. The van der Waals surface area contributed by atoms with Crippen LogP contribution in [0.15, 0.2) is 0 Å². The van der Waals surface area contributed by atoms with Crippen LogP contribution in [0.5, 0.6) is 0 Å². The number of alkyl halides is 1. The van der Waals surface area contributed by atoms with Gasteiger partial charge in [-0.2, -0.15) is 0 Å².